The lowest BCUT2D eigenvalue weighted by molar-refractivity contribution is -0.385. The van der Waals surface area contributed by atoms with Gasteiger partial charge in [-0.1, -0.05) is 24.3 Å². The van der Waals surface area contributed by atoms with Crippen LogP contribution in [0.25, 0.3) is 0 Å². The van der Waals surface area contributed by atoms with Gasteiger partial charge in [0.05, 0.1) is 11.5 Å². The first-order valence-electron chi connectivity index (χ1n) is 6.66. The lowest BCUT2D eigenvalue weighted by Gasteiger charge is -2.09. The van der Waals surface area contributed by atoms with E-state index < -0.39 is 0 Å². The van der Waals surface area contributed by atoms with Crippen molar-refractivity contribution in [3.63, 3.8) is 0 Å². The minimum atomic E-state index is -0.349. The summed E-state index contributed by atoms with van der Waals surface area (Å²) in [7, 11) is 1.66. The Hall–Kier alpha value is -2.40. The van der Waals surface area contributed by atoms with Crippen molar-refractivity contribution in [2.75, 3.05) is 12.4 Å². The summed E-state index contributed by atoms with van der Waals surface area (Å²) in [4.78, 5) is 10.6. The molecule has 0 atom stereocenters. The van der Waals surface area contributed by atoms with Crippen molar-refractivity contribution in [1.29, 1.82) is 0 Å². The molecule has 2 rings (SSSR count). The van der Waals surface area contributed by atoms with Crippen LogP contribution in [0, 0.1) is 17.0 Å². The molecule has 21 heavy (non-hydrogen) atoms. The third-order valence-electron chi connectivity index (χ3n) is 3.20. The number of rotatable bonds is 6. The van der Waals surface area contributed by atoms with Crippen LogP contribution in [0.4, 0.5) is 11.4 Å². The van der Waals surface area contributed by atoms with Gasteiger partial charge in [-0.05, 0) is 30.2 Å². The van der Waals surface area contributed by atoms with Crippen molar-refractivity contribution >= 4 is 11.4 Å². The predicted octanol–water partition coefficient (Wildman–Crippen LogP) is 3.66. The third-order valence-corrected chi connectivity index (χ3v) is 3.20. The number of ether oxygens (including phenoxy) is 1. The smallest absolute Gasteiger partial charge is 0.272 e. The molecule has 0 saturated carbocycles. The van der Waals surface area contributed by atoms with Crippen molar-refractivity contribution in [2.45, 2.75) is 20.1 Å². The summed E-state index contributed by atoms with van der Waals surface area (Å²) in [5.74, 6) is 0. The van der Waals surface area contributed by atoms with E-state index >= 15 is 0 Å². The van der Waals surface area contributed by atoms with Crippen LogP contribution in [0.2, 0.25) is 0 Å². The number of methoxy groups -OCH3 is 1. The Balaban J connectivity index is 2.07. The topological polar surface area (TPSA) is 64.4 Å². The molecule has 2 aromatic carbocycles. The Morgan fingerprint density at radius 3 is 2.71 bits per heavy atom. The summed E-state index contributed by atoms with van der Waals surface area (Å²) < 4.78 is 5.10. The number of nitro benzene ring substituents is 1. The zero-order valence-electron chi connectivity index (χ0n) is 12.1. The molecule has 0 unspecified atom stereocenters. The van der Waals surface area contributed by atoms with Crippen LogP contribution in [0.5, 0.6) is 0 Å². The van der Waals surface area contributed by atoms with Gasteiger partial charge in [0.25, 0.3) is 5.69 Å². The van der Waals surface area contributed by atoms with E-state index in [9.17, 15) is 10.1 Å². The highest BCUT2D eigenvalue weighted by atomic mass is 16.6. The Morgan fingerprint density at radius 2 is 2.00 bits per heavy atom. The number of hydrogen-bond donors (Lipinski definition) is 1. The quantitative estimate of drug-likeness (QED) is 0.650. The molecule has 0 heterocycles. The maximum atomic E-state index is 10.9. The molecule has 0 bridgehead atoms. The Kier molecular flexibility index (Phi) is 4.90. The molecule has 0 amide bonds. The van der Waals surface area contributed by atoms with E-state index in [0.29, 0.717) is 18.7 Å². The molecule has 5 heteroatoms. The van der Waals surface area contributed by atoms with Crippen LogP contribution in [-0.4, -0.2) is 12.0 Å². The van der Waals surface area contributed by atoms with Crippen molar-refractivity contribution in [2.24, 2.45) is 0 Å². The number of nitro groups is 1. The molecule has 5 nitrogen and oxygen atoms in total. The first-order valence-corrected chi connectivity index (χ1v) is 6.66. The highest BCUT2D eigenvalue weighted by Gasteiger charge is 2.10. The molecule has 0 aliphatic rings. The third kappa shape index (κ3) is 4.03. The molecule has 0 aromatic heterocycles. The minimum absolute atomic E-state index is 0.155. The number of nitrogens with one attached hydrogen (secondary N) is 1. The number of hydrogen-bond acceptors (Lipinski definition) is 4. The van der Waals surface area contributed by atoms with E-state index in [-0.39, 0.29) is 10.6 Å². The van der Waals surface area contributed by atoms with Gasteiger partial charge >= 0.3 is 0 Å². The van der Waals surface area contributed by atoms with Gasteiger partial charge < -0.3 is 10.1 Å². The van der Waals surface area contributed by atoms with Gasteiger partial charge in [0.1, 0.15) is 0 Å². The van der Waals surface area contributed by atoms with E-state index in [1.807, 2.05) is 30.3 Å². The fraction of sp³-hybridized carbons (Fsp3) is 0.250. The zero-order valence-corrected chi connectivity index (χ0v) is 12.1. The molecule has 0 radical (unpaired) electrons. The van der Waals surface area contributed by atoms with Crippen molar-refractivity contribution in [3.05, 3.63) is 69.3 Å². The molecule has 0 aliphatic carbocycles. The minimum Gasteiger partial charge on any atom is -0.381 e. The average molecular weight is 286 g/mol. The second-order valence-corrected chi connectivity index (χ2v) is 4.86. The van der Waals surface area contributed by atoms with Crippen LogP contribution in [0.15, 0.2) is 42.5 Å². The standard InChI is InChI=1S/C16H18N2O3/c1-12-6-7-13(9-16(12)18(19)20)10-17-15-5-3-4-14(8-15)11-21-2/h3-9,17H,10-11H2,1-2H3. The average Bonchev–Trinajstić information content (AvgIpc) is 2.47. The Labute approximate surface area is 123 Å². The van der Waals surface area contributed by atoms with Gasteiger partial charge in [-0.15, -0.1) is 0 Å². The van der Waals surface area contributed by atoms with Crippen LogP contribution < -0.4 is 5.32 Å². The van der Waals surface area contributed by atoms with Crippen molar-refractivity contribution in [3.8, 4) is 0 Å². The molecule has 110 valence electrons. The summed E-state index contributed by atoms with van der Waals surface area (Å²) in [6.45, 7) is 2.84. The van der Waals surface area contributed by atoms with E-state index in [0.717, 1.165) is 16.8 Å². The van der Waals surface area contributed by atoms with E-state index in [2.05, 4.69) is 5.32 Å². The van der Waals surface area contributed by atoms with Crippen LogP contribution in [0.1, 0.15) is 16.7 Å². The zero-order chi connectivity index (χ0) is 15.2. The van der Waals surface area contributed by atoms with Gasteiger partial charge in [-0.3, -0.25) is 10.1 Å². The van der Waals surface area contributed by atoms with Crippen LogP contribution >= 0.6 is 0 Å². The summed E-state index contributed by atoms with van der Waals surface area (Å²) in [6.07, 6.45) is 0. The molecule has 0 spiro atoms. The normalized spacial score (nSPS) is 10.4. The highest BCUT2D eigenvalue weighted by Crippen LogP contribution is 2.20. The molecular weight excluding hydrogens is 268 g/mol. The van der Waals surface area contributed by atoms with Crippen LogP contribution in [0.3, 0.4) is 0 Å². The molecule has 2 aromatic rings. The number of nitrogens with zero attached hydrogens (tertiary/aromatic N) is 1. The highest BCUT2D eigenvalue weighted by molar-refractivity contribution is 5.48. The van der Waals surface area contributed by atoms with Gasteiger partial charge in [0, 0.05) is 31.0 Å². The SMILES string of the molecule is COCc1cccc(NCc2ccc(C)c([N+](=O)[O-])c2)c1. The molecule has 0 saturated heterocycles. The second kappa shape index (κ2) is 6.85. The van der Waals surface area contributed by atoms with E-state index in [1.165, 1.54) is 0 Å². The fourth-order valence-corrected chi connectivity index (χ4v) is 2.10. The fourth-order valence-electron chi connectivity index (χ4n) is 2.10. The number of aryl methyl sites for hydroxylation is 1. The first-order chi connectivity index (χ1) is 10.1. The Morgan fingerprint density at radius 1 is 1.19 bits per heavy atom. The number of anilines is 1. The first kappa shape index (κ1) is 15.0. The van der Waals surface area contributed by atoms with Crippen molar-refractivity contribution < 1.29 is 9.66 Å². The Bertz CT molecular complexity index is 641. The lowest BCUT2D eigenvalue weighted by Crippen LogP contribution is -2.01. The summed E-state index contributed by atoms with van der Waals surface area (Å²) in [5.41, 5.74) is 3.75. The molecule has 0 aliphatic heterocycles. The second-order valence-electron chi connectivity index (χ2n) is 4.86. The summed E-state index contributed by atoms with van der Waals surface area (Å²) in [5, 5.41) is 14.2. The maximum Gasteiger partial charge on any atom is 0.272 e. The van der Waals surface area contributed by atoms with Gasteiger partial charge in [-0.25, -0.2) is 0 Å². The van der Waals surface area contributed by atoms with Gasteiger partial charge in [0.2, 0.25) is 0 Å². The van der Waals surface area contributed by atoms with Crippen molar-refractivity contribution in [1.82, 2.24) is 0 Å². The summed E-state index contributed by atoms with van der Waals surface area (Å²) in [6, 6.07) is 13.2. The van der Waals surface area contributed by atoms with Gasteiger partial charge in [-0.2, -0.15) is 0 Å². The predicted molar refractivity (Wildman–Crippen MR) is 82.3 cm³/mol. The molecule has 0 fully saturated rings. The molecular formula is C16H18N2O3. The molecule has 1 N–H and O–H groups in total. The maximum absolute atomic E-state index is 10.9. The van der Waals surface area contributed by atoms with E-state index in [4.69, 9.17) is 4.74 Å². The van der Waals surface area contributed by atoms with E-state index in [1.54, 1.807) is 26.2 Å². The van der Waals surface area contributed by atoms with Gasteiger partial charge in [0.15, 0.2) is 0 Å². The lowest BCUT2D eigenvalue weighted by atomic mass is 10.1. The number of benzene rings is 2. The monoisotopic (exact) mass is 286 g/mol. The summed E-state index contributed by atoms with van der Waals surface area (Å²) >= 11 is 0. The van der Waals surface area contributed by atoms with Crippen LogP contribution in [-0.2, 0) is 17.9 Å². The largest absolute Gasteiger partial charge is 0.381 e.